The molecule has 0 fully saturated rings. The lowest BCUT2D eigenvalue weighted by molar-refractivity contribution is -0.384. The number of hydrogen-bond acceptors (Lipinski definition) is 4. The number of non-ortho nitro benzene ring substituents is 1. The number of nitro groups is 1. The molecule has 0 amide bonds. The van der Waals surface area contributed by atoms with Crippen molar-refractivity contribution in [1.82, 2.24) is 9.78 Å². The molecule has 0 saturated carbocycles. The van der Waals surface area contributed by atoms with Crippen LogP contribution in [0.4, 0.5) is 5.69 Å². The number of nitrogens with one attached hydrogen (secondary N) is 1. The molecule has 116 valence electrons. The minimum atomic E-state index is -0.637. The van der Waals surface area contributed by atoms with Crippen LogP contribution in [0.2, 0.25) is 10.0 Å². The maximum absolute atomic E-state index is 12.6. The molecule has 1 aromatic heterocycles. The number of aromatic nitrogens is 2. The zero-order chi connectivity index (χ0) is 16.7. The fraction of sp³-hybridized carbons (Fsp3) is 0. The van der Waals surface area contributed by atoms with Gasteiger partial charge in [0, 0.05) is 12.1 Å². The zero-order valence-corrected chi connectivity index (χ0v) is 12.8. The van der Waals surface area contributed by atoms with Crippen molar-refractivity contribution < 1.29 is 9.72 Å². The summed E-state index contributed by atoms with van der Waals surface area (Å²) in [6.07, 6.45) is 0. The second-order valence-electron chi connectivity index (χ2n) is 4.64. The number of carbonyl (C=O) groups excluding carboxylic acids is 1. The summed E-state index contributed by atoms with van der Waals surface area (Å²) in [7, 11) is 0. The highest BCUT2D eigenvalue weighted by Gasteiger charge is 2.21. The number of carbonyl (C=O) groups is 1. The van der Waals surface area contributed by atoms with E-state index >= 15 is 0 Å². The first kappa shape index (κ1) is 15.3. The molecule has 2 aromatic carbocycles. The number of aromatic amines is 1. The van der Waals surface area contributed by atoms with Crippen molar-refractivity contribution in [2.24, 2.45) is 0 Å². The van der Waals surface area contributed by atoms with Gasteiger partial charge in [0.2, 0.25) is 0 Å². The Balaban J connectivity index is 2.23. The van der Waals surface area contributed by atoms with Gasteiger partial charge >= 0.3 is 0 Å². The molecule has 9 heteroatoms. The second-order valence-corrected chi connectivity index (χ2v) is 5.45. The molecule has 7 nitrogen and oxygen atoms in total. The number of nitro benzene ring substituents is 1. The lowest BCUT2D eigenvalue weighted by Gasteiger charge is -2.07. The van der Waals surface area contributed by atoms with Crippen molar-refractivity contribution in [3.05, 3.63) is 72.5 Å². The predicted octanol–water partition coefficient (Wildman–Crippen LogP) is 3.23. The standard InChI is InChI=1S/C14H7Cl2N3O4/c15-9-2-1-3-10(16)12(9)14(21)18-11-5-4-7(19(22)23)6-8(11)13(20)17-18/h1-6H,(H,17,20). The van der Waals surface area contributed by atoms with Gasteiger partial charge in [-0.25, -0.2) is 4.68 Å². The van der Waals surface area contributed by atoms with Crippen molar-refractivity contribution in [1.29, 1.82) is 0 Å². The largest absolute Gasteiger partial charge is 0.280 e. The fourth-order valence-corrected chi connectivity index (χ4v) is 2.77. The van der Waals surface area contributed by atoms with Gasteiger partial charge in [0.1, 0.15) is 0 Å². The van der Waals surface area contributed by atoms with E-state index in [-0.39, 0.29) is 32.2 Å². The summed E-state index contributed by atoms with van der Waals surface area (Å²) in [5.74, 6) is -0.637. The highest BCUT2D eigenvalue weighted by Crippen LogP contribution is 2.26. The molecule has 1 heterocycles. The van der Waals surface area contributed by atoms with Crippen LogP contribution in [-0.2, 0) is 0 Å². The highest BCUT2D eigenvalue weighted by molar-refractivity contribution is 6.39. The van der Waals surface area contributed by atoms with E-state index in [9.17, 15) is 19.7 Å². The van der Waals surface area contributed by atoms with Crippen LogP contribution in [0.25, 0.3) is 10.9 Å². The monoisotopic (exact) mass is 351 g/mol. The van der Waals surface area contributed by atoms with Gasteiger partial charge in [0.05, 0.1) is 31.4 Å². The summed E-state index contributed by atoms with van der Waals surface area (Å²) in [6, 6.07) is 8.19. The van der Waals surface area contributed by atoms with E-state index in [4.69, 9.17) is 23.2 Å². The molecular weight excluding hydrogens is 345 g/mol. The summed E-state index contributed by atoms with van der Waals surface area (Å²) in [6.45, 7) is 0. The number of hydrogen-bond donors (Lipinski definition) is 1. The molecule has 3 rings (SSSR count). The minimum Gasteiger partial charge on any atom is -0.267 e. The topological polar surface area (TPSA) is 98.0 Å². The highest BCUT2D eigenvalue weighted by atomic mass is 35.5. The minimum absolute atomic E-state index is 0.0238. The predicted molar refractivity (Wildman–Crippen MR) is 85.4 cm³/mol. The van der Waals surface area contributed by atoms with Crippen LogP contribution in [0.1, 0.15) is 10.4 Å². The first-order valence-corrected chi connectivity index (χ1v) is 7.03. The summed E-state index contributed by atoms with van der Waals surface area (Å²) in [4.78, 5) is 34.8. The lowest BCUT2D eigenvalue weighted by atomic mass is 10.2. The third-order valence-electron chi connectivity index (χ3n) is 3.27. The molecule has 0 unspecified atom stereocenters. The van der Waals surface area contributed by atoms with Crippen LogP contribution in [0, 0.1) is 10.1 Å². The van der Waals surface area contributed by atoms with Gasteiger partial charge in [-0.15, -0.1) is 0 Å². The van der Waals surface area contributed by atoms with E-state index in [0.29, 0.717) is 0 Å². The third-order valence-corrected chi connectivity index (χ3v) is 3.90. The van der Waals surface area contributed by atoms with Crippen LogP contribution in [0.15, 0.2) is 41.2 Å². The second kappa shape index (κ2) is 5.53. The van der Waals surface area contributed by atoms with E-state index in [2.05, 4.69) is 5.10 Å². The summed E-state index contributed by atoms with van der Waals surface area (Å²) >= 11 is 12.0. The fourth-order valence-electron chi connectivity index (χ4n) is 2.21. The Morgan fingerprint density at radius 3 is 2.43 bits per heavy atom. The van der Waals surface area contributed by atoms with E-state index in [1.54, 1.807) is 6.07 Å². The Kier molecular flexibility index (Phi) is 3.67. The van der Waals surface area contributed by atoms with Gasteiger partial charge < -0.3 is 0 Å². The number of nitrogens with zero attached hydrogens (tertiary/aromatic N) is 2. The number of H-pyrrole nitrogens is 1. The Bertz CT molecular complexity index is 1000. The van der Waals surface area contributed by atoms with Gasteiger partial charge in [0.25, 0.3) is 17.2 Å². The normalized spacial score (nSPS) is 10.9. The lowest BCUT2D eigenvalue weighted by Crippen LogP contribution is -2.17. The number of halogens is 2. The summed E-state index contributed by atoms with van der Waals surface area (Å²) < 4.78 is 0.967. The van der Waals surface area contributed by atoms with Crippen LogP contribution in [-0.4, -0.2) is 20.6 Å². The molecule has 1 N–H and O–H groups in total. The Labute approximate surface area is 138 Å². The third kappa shape index (κ3) is 2.49. The van der Waals surface area contributed by atoms with Gasteiger partial charge in [0.15, 0.2) is 0 Å². The van der Waals surface area contributed by atoms with Gasteiger partial charge in [-0.1, -0.05) is 29.3 Å². The Morgan fingerprint density at radius 1 is 1.17 bits per heavy atom. The summed E-state index contributed by atoms with van der Waals surface area (Å²) in [5, 5.41) is 13.4. The van der Waals surface area contributed by atoms with Gasteiger partial charge in [-0.3, -0.25) is 24.8 Å². The molecule has 0 saturated heterocycles. The molecule has 3 aromatic rings. The van der Waals surface area contributed by atoms with E-state index < -0.39 is 16.4 Å². The first-order chi connectivity index (χ1) is 10.9. The van der Waals surface area contributed by atoms with Crippen molar-refractivity contribution in [3.63, 3.8) is 0 Å². The molecule has 0 bridgehead atoms. The van der Waals surface area contributed by atoms with Crippen LogP contribution >= 0.6 is 23.2 Å². The Morgan fingerprint density at radius 2 is 1.83 bits per heavy atom. The van der Waals surface area contributed by atoms with Gasteiger partial charge in [-0.2, -0.15) is 0 Å². The smallest absolute Gasteiger partial charge is 0.267 e. The van der Waals surface area contributed by atoms with Gasteiger partial charge in [-0.05, 0) is 18.2 Å². The Hall–Kier alpha value is -2.64. The zero-order valence-electron chi connectivity index (χ0n) is 11.2. The molecule has 0 aliphatic carbocycles. The van der Waals surface area contributed by atoms with Crippen LogP contribution in [0.3, 0.4) is 0 Å². The number of rotatable bonds is 2. The molecule has 0 atom stereocenters. The molecule has 23 heavy (non-hydrogen) atoms. The van der Waals surface area contributed by atoms with Crippen molar-refractivity contribution in [2.75, 3.05) is 0 Å². The average Bonchev–Trinajstić information content (AvgIpc) is 2.83. The molecule has 0 aliphatic heterocycles. The molecular formula is C14H7Cl2N3O4. The van der Waals surface area contributed by atoms with E-state index in [0.717, 1.165) is 10.7 Å². The number of benzene rings is 2. The van der Waals surface area contributed by atoms with E-state index in [1.807, 2.05) is 0 Å². The molecule has 0 aliphatic rings. The molecule has 0 radical (unpaired) electrons. The van der Waals surface area contributed by atoms with Crippen molar-refractivity contribution in [3.8, 4) is 0 Å². The maximum atomic E-state index is 12.6. The van der Waals surface area contributed by atoms with E-state index in [1.165, 1.54) is 24.3 Å². The van der Waals surface area contributed by atoms with Crippen molar-refractivity contribution in [2.45, 2.75) is 0 Å². The SMILES string of the molecule is O=C(c1c(Cl)cccc1Cl)n1[nH]c(=O)c2cc([N+](=O)[O-])ccc21. The van der Waals surface area contributed by atoms with Crippen LogP contribution in [0.5, 0.6) is 0 Å². The quantitative estimate of drug-likeness (QED) is 0.565. The van der Waals surface area contributed by atoms with Crippen molar-refractivity contribution >= 4 is 45.7 Å². The summed E-state index contributed by atoms with van der Waals surface area (Å²) in [5.41, 5.74) is -0.645. The molecule has 0 spiro atoms. The first-order valence-electron chi connectivity index (χ1n) is 6.28. The average molecular weight is 352 g/mol. The maximum Gasteiger partial charge on any atom is 0.280 e. The van der Waals surface area contributed by atoms with Crippen LogP contribution < -0.4 is 5.56 Å². The number of fused-ring (bicyclic) bond motifs is 1.